The number of benzene rings is 1. The molecule has 2 aliphatic rings. The smallest absolute Gasteiger partial charge is 0.254 e. The van der Waals surface area contributed by atoms with Crippen molar-refractivity contribution in [2.75, 3.05) is 6.54 Å². The van der Waals surface area contributed by atoms with E-state index in [1.54, 1.807) is 24.3 Å². The molecule has 1 amide bonds. The minimum atomic E-state index is -0.0676. The second-order valence-electron chi connectivity index (χ2n) is 7.66. The van der Waals surface area contributed by atoms with Crippen molar-refractivity contribution in [1.29, 1.82) is 5.26 Å². The number of nitrogens with zero attached hydrogens (tertiary/aromatic N) is 5. The number of aromatic nitrogens is 3. The third-order valence-electron chi connectivity index (χ3n) is 5.08. The molecular weight excluding hydrogens is 326 g/mol. The van der Waals surface area contributed by atoms with Crippen molar-refractivity contribution in [3.05, 3.63) is 47.0 Å². The molecule has 1 atom stereocenters. The summed E-state index contributed by atoms with van der Waals surface area (Å²) in [6, 6.07) is 8.98. The summed E-state index contributed by atoms with van der Waals surface area (Å²) in [6.07, 6.45) is 3.19. The highest BCUT2D eigenvalue weighted by Gasteiger charge is 2.37. The van der Waals surface area contributed by atoms with Gasteiger partial charge in [0.2, 0.25) is 0 Å². The van der Waals surface area contributed by atoms with Gasteiger partial charge in [0.15, 0.2) is 5.82 Å². The monoisotopic (exact) mass is 349 g/mol. The number of nitriles is 1. The van der Waals surface area contributed by atoms with Crippen LogP contribution in [0, 0.1) is 17.2 Å². The van der Waals surface area contributed by atoms with E-state index in [4.69, 9.17) is 10.2 Å². The van der Waals surface area contributed by atoms with E-state index in [0.29, 0.717) is 36.1 Å². The second kappa shape index (κ2) is 6.56. The van der Waals surface area contributed by atoms with Gasteiger partial charge in [0, 0.05) is 18.0 Å². The molecule has 0 saturated heterocycles. The van der Waals surface area contributed by atoms with E-state index in [-0.39, 0.29) is 11.9 Å². The SMILES string of the molecule is CC(C)C[C@H]1c2nc(C3CC3)nn2CCN1C(=O)c1cccc(C#N)c1. The lowest BCUT2D eigenvalue weighted by Crippen LogP contribution is -2.43. The Hall–Kier alpha value is -2.68. The van der Waals surface area contributed by atoms with Gasteiger partial charge < -0.3 is 4.90 Å². The van der Waals surface area contributed by atoms with Crippen LogP contribution in [0.4, 0.5) is 0 Å². The first kappa shape index (κ1) is 16.8. The molecule has 2 aromatic rings. The van der Waals surface area contributed by atoms with Crippen LogP contribution in [-0.2, 0) is 6.54 Å². The first-order chi connectivity index (χ1) is 12.6. The van der Waals surface area contributed by atoms with Crippen molar-refractivity contribution in [3.63, 3.8) is 0 Å². The van der Waals surface area contributed by atoms with Crippen molar-refractivity contribution in [1.82, 2.24) is 19.7 Å². The van der Waals surface area contributed by atoms with Gasteiger partial charge in [-0.3, -0.25) is 4.79 Å². The molecule has 2 heterocycles. The number of fused-ring (bicyclic) bond motifs is 1. The summed E-state index contributed by atoms with van der Waals surface area (Å²) >= 11 is 0. The highest BCUT2D eigenvalue weighted by Crippen LogP contribution is 2.40. The van der Waals surface area contributed by atoms with Crippen molar-refractivity contribution in [2.45, 2.75) is 51.6 Å². The topological polar surface area (TPSA) is 74.8 Å². The van der Waals surface area contributed by atoms with Gasteiger partial charge in [-0.25, -0.2) is 9.67 Å². The summed E-state index contributed by atoms with van der Waals surface area (Å²) in [6.45, 7) is 5.62. The molecule has 4 rings (SSSR count). The molecule has 0 N–H and O–H groups in total. The fraction of sp³-hybridized carbons (Fsp3) is 0.500. The lowest BCUT2D eigenvalue weighted by Gasteiger charge is -2.36. The lowest BCUT2D eigenvalue weighted by atomic mass is 9.99. The number of hydrogen-bond donors (Lipinski definition) is 0. The minimum Gasteiger partial charge on any atom is -0.327 e. The largest absolute Gasteiger partial charge is 0.327 e. The van der Waals surface area contributed by atoms with Gasteiger partial charge in [0.05, 0.1) is 24.2 Å². The molecular formula is C20H23N5O. The van der Waals surface area contributed by atoms with E-state index in [0.717, 1.165) is 18.1 Å². The normalized spacial score (nSPS) is 19.3. The summed E-state index contributed by atoms with van der Waals surface area (Å²) in [7, 11) is 0. The fourth-order valence-electron chi connectivity index (χ4n) is 3.61. The van der Waals surface area contributed by atoms with E-state index in [1.807, 2.05) is 9.58 Å². The third-order valence-corrected chi connectivity index (χ3v) is 5.08. The van der Waals surface area contributed by atoms with E-state index in [9.17, 15) is 4.79 Å². The maximum Gasteiger partial charge on any atom is 0.254 e. The van der Waals surface area contributed by atoms with Crippen molar-refractivity contribution >= 4 is 5.91 Å². The first-order valence-electron chi connectivity index (χ1n) is 9.32. The predicted molar refractivity (Wildman–Crippen MR) is 96.4 cm³/mol. The Balaban J connectivity index is 1.67. The van der Waals surface area contributed by atoms with E-state index >= 15 is 0 Å². The maximum atomic E-state index is 13.2. The van der Waals surface area contributed by atoms with Crippen LogP contribution in [0.1, 0.15) is 72.6 Å². The van der Waals surface area contributed by atoms with Gasteiger partial charge in [0.25, 0.3) is 5.91 Å². The van der Waals surface area contributed by atoms with E-state index in [2.05, 4.69) is 25.0 Å². The molecule has 0 unspecified atom stereocenters. The molecule has 1 aliphatic heterocycles. The van der Waals surface area contributed by atoms with Crippen LogP contribution in [0.5, 0.6) is 0 Å². The van der Waals surface area contributed by atoms with Crippen LogP contribution in [0.15, 0.2) is 24.3 Å². The molecule has 1 aromatic carbocycles. The summed E-state index contributed by atoms with van der Waals surface area (Å²) in [5.74, 6) is 2.76. The zero-order valence-corrected chi connectivity index (χ0v) is 15.2. The van der Waals surface area contributed by atoms with Crippen LogP contribution < -0.4 is 0 Å². The highest BCUT2D eigenvalue weighted by molar-refractivity contribution is 5.94. The summed E-state index contributed by atoms with van der Waals surface area (Å²) in [5.41, 5.74) is 1.07. The summed E-state index contributed by atoms with van der Waals surface area (Å²) < 4.78 is 2.00. The van der Waals surface area contributed by atoms with Gasteiger partial charge in [-0.1, -0.05) is 19.9 Å². The number of carbonyl (C=O) groups excluding carboxylic acids is 1. The summed E-state index contributed by atoms with van der Waals surface area (Å²) in [4.78, 5) is 19.9. The zero-order chi connectivity index (χ0) is 18.3. The third kappa shape index (κ3) is 3.10. The van der Waals surface area contributed by atoms with Gasteiger partial charge in [0.1, 0.15) is 5.82 Å². The molecule has 6 nitrogen and oxygen atoms in total. The average molecular weight is 349 g/mol. The van der Waals surface area contributed by atoms with Gasteiger partial charge in [-0.15, -0.1) is 0 Å². The molecule has 1 fully saturated rings. The van der Waals surface area contributed by atoms with Gasteiger partial charge >= 0.3 is 0 Å². The van der Waals surface area contributed by atoms with Gasteiger partial charge in [-0.2, -0.15) is 10.4 Å². The van der Waals surface area contributed by atoms with Crippen molar-refractivity contribution in [2.24, 2.45) is 5.92 Å². The Labute approximate surface area is 153 Å². The Morgan fingerprint density at radius 3 is 2.85 bits per heavy atom. The molecule has 0 bridgehead atoms. The minimum absolute atomic E-state index is 0.0324. The van der Waals surface area contributed by atoms with E-state index in [1.165, 1.54) is 12.8 Å². The molecule has 6 heteroatoms. The number of carbonyl (C=O) groups is 1. The average Bonchev–Trinajstić information content (AvgIpc) is 3.40. The molecule has 1 aliphatic carbocycles. The first-order valence-corrected chi connectivity index (χ1v) is 9.32. The maximum absolute atomic E-state index is 13.2. The quantitative estimate of drug-likeness (QED) is 0.849. The van der Waals surface area contributed by atoms with Crippen molar-refractivity contribution < 1.29 is 4.79 Å². The van der Waals surface area contributed by atoms with Crippen molar-refractivity contribution in [3.8, 4) is 6.07 Å². The highest BCUT2D eigenvalue weighted by atomic mass is 16.2. The molecule has 134 valence electrons. The number of rotatable bonds is 4. The Kier molecular flexibility index (Phi) is 4.23. The summed E-state index contributed by atoms with van der Waals surface area (Å²) in [5, 5.41) is 13.8. The standard InChI is InChI=1S/C20H23N5O/c1-13(2)10-17-19-22-18(15-6-7-15)23-25(19)9-8-24(17)20(26)16-5-3-4-14(11-16)12-21/h3-5,11,13,15,17H,6-10H2,1-2H3/t17-/m0/s1. The number of amides is 1. The lowest BCUT2D eigenvalue weighted by molar-refractivity contribution is 0.0578. The van der Waals surface area contributed by atoms with Gasteiger partial charge in [-0.05, 0) is 43.4 Å². The van der Waals surface area contributed by atoms with Crippen LogP contribution >= 0.6 is 0 Å². The Morgan fingerprint density at radius 2 is 2.15 bits per heavy atom. The van der Waals surface area contributed by atoms with Crippen LogP contribution in [0.25, 0.3) is 0 Å². The number of hydrogen-bond acceptors (Lipinski definition) is 4. The fourth-order valence-corrected chi connectivity index (χ4v) is 3.61. The van der Waals surface area contributed by atoms with E-state index < -0.39 is 0 Å². The molecule has 1 saturated carbocycles. The molecule has 0 spiro atoms. The molecule has 0 radical (unpaired) electrons. The van der Waals surface area contributed by atoms with Crippen LogP contribution in [-0.4, -0.2) is 32.1 Å². The zero-order valence-electron chi connectivity index (χ0n) is 15.2. The second-order valence-corrected chi connectivity index (χ2v) is 7.66. The predicted octanol–water partition coefficient (Wildman–Crippen LogP) is 3.27. The molecule has 26 heavy (non-hydrogen) atoms. The Morgan fingerprint density at radius 1 is 1.35 bits per heavy atom. The Bertz CT molecular complexity index is 875. The van der Waals surface area contributed by atoms with Crippen LogP contribution in [0.3, 0.4) is 0 Å². The van der Waals surface area contributed by atoms with Crippen LogP contribution in [0.2, 0.25) is 0 Å². The molecule has 1 aromatic heterocycles.